The third-order valence-corrected chi connectivity index (χ3v) is 6.48. The molecule has 1 aliphatic heterocycles. The van der Waals surface area contributed by atoms with Gasteiger partial charge in [-0.05, 0) is 61.2 Å². The van der Waals surface area contributed by atoms with E-state index in [0.717, 1.165) is 27.9 Å². The number of carbonyl (C=O) groups excluding carboxylic acids is 1. The van der Waals surface area contributed by atoms with Crippen LogP contribution in [-0.4, -0.2) is 27.1 Å². The minimum atomic E-state index is -0.979. The topological polar surface area (TPSA) is 85.3 Å². The molecule has 0 bridgehead atoms. The molecule has 0 saturated carbocycles. The Kier molecular flexibility index (Phi) is 6.58. The third-order valence-electron chi connectivity index (χ3n) is 6.48. The summed E-state index contributed by atoms with van der Waals surface area (Å²) in [5.41, 5.74) is 11.3. The second kappa shape index (κ2) is 9.84. The number of halogens is 1. The highest BCUT2D eigenvalue weighted by Gasteiger charge is 2.32. The van der Waals surface area contributed by atoms with Crippen molar-refractivity contribution in [2.45, 2.75) is 45.4 Å². The van der Waals surface area contributed by atoms with E-state index in [9.17, 15) is 4.79 Å². The fourth-order valence-electron chi connectivity index (χ4n) is 4.53. The molecule has 1 aliphatic rings. The number of carbonyl (C=O) groups is 1. The molecule has 0 aliphatic carbocycles. The van der Waals surface area contributed by atoms with Crippen molar-refractivity contribution in [3.63, 3.8) is 0 Å². The lowest BCUT2D eigenvalue weighted by molar-refractivity contribution is 0.0952. The van der Waals surface area contributed by atoms with Gasteiger partial charge in [-0.25, -0.2) is 9.37 Å². The zero-order valence-corrected chi connectivity index (χ0v) is 21.2. The lowest BCUT2D eigenvalue weighted by atomic mass is 9.93. The molecule has 1 aromatic heterocycles. The first kappa shape index (κ1) is 24.7. The van der Waals surface area contributed by atoms with Gasteiger partial charge in [-0.2, -0.15) is 0 Å². The largest absolute Gasteiger partial charge is 0.326 e. The maximum Gasteiger partial charge on any atom is 0.210 e. The number of nitrogens with one attached hydrogen (secondary N) is 1. The van der Waals surface area contributed by atoms with Crippen LogP contribution in [0.1, 0.15) is 59.7 Å². The maximum absolute atomic E-state index is 15.5. The number of ketones is 1. The van der Waals surface area contributed by atoms with E-state index in [1.165, 1.54) is 6.07 Å². The maximum atomic E-state index is 15.5. The van der Waals surface area contributed by atoms with E-state index in [-0.39, 0.29) is 16.9 Å². The van der Waals surface area contributed by atoms with E-state index in [2.05, 4.69) is 36.1 Å². The smallest absolute Gasteiger partial charge is 0.210 e. The summed E-state index contributed by atoms with van der Waals surface area (Å²) in [7, 11) is 0. The first-order chi connectivity index (χ1) is 17.7. The minimum absolute atomic E-state index is 0.0431. The molecule has 3 N–H and O–H groups in total. The van der Waals surface area contributed by atoms with Crippen LogP contribution < -0.4 is 11.1 Å². The molecule has 3 aromatic carbocycles. The zero-order chi connectivity index (χ0) is 26.2. The number of Topliss-reactive ketones (excluding diaryl/α,β-unsaturated/α-hetero) is 1. The van der Waals surface area contributed by atoms with Crippen LogP contribution in [0.25, 0.3) is 16.8 Å². The summed E-state index contributed by atoms with van der Waals surface area (Å²) in [6.45, 7) is 7.37. The third kappa shape index (κ3) is 5.01. The fraction of sp³-hybridized carbons (Fsp3) is 0.233. The second-order valence-electron chi connectivity index (χ2n) is 10.3. The molecule has 1 atom stereocenters. The number of fused-ring (bicyclic) bond motifs is 1. The summed E-state index contributed by atoms with van der Waals surface area (Å²) >= 11 is 0. The van der Waals surface area contributed by atoms with Gasteiger partial charge in [-0.3, -0.25) is 14.4 Å². The molecule has 188 valence electrons. The van der Waals surface area contributed by atoms with Crippen molar-refractivity contribution in [1.29, 1.82) is 0 Å². The minimum Gasteiger partial charge on any atom is -0.326 e. The van der Waals surface area contributed by atoms with Crippen LogP contribution in [0.3, 0.4) is 0 Å². The molecular formula is C30H30FN5O. The molecule has 0 fully saturated rings. The second-order valence-corrected chi connectivity index (χ2v) is 10.3. The van der Waals surface area contributed by atoms with Crippen LogP contribution in [0, 0.1) is 5.82 Å². The van der Waals surface area contributed by atoms with Crippen molar-refractivity contribution in [3.8, 4) is 16.8 Å². The summed E-state index contributed by atoms with van der Waals surface area (Å²) in [6, 6.07) is 19.6. The number of rotatable bonds is 6. The quantitative estimate of drug-likeness (QED) is 0.376. The highest BCUT2D eigenvalue weighted by Crippen LogP contribution is 2.33. The Labute approximate surface area is 216 Å². The number of imidazole rings is 1. The van der Waals surface area contributed by atoms with Crippen LogP contribution in [0.2, 0.25) is 0 Å². The average molecular weight is 496 g/mol. The van der Waals surface area contributed by atoms with E-state index in [4.69, 9.17) is 5.73 Å². The number of aliphatic imine (C=N–C) groups is 1. The summed E-state index contributed by atoms with van der Waals surface area (Å²) in [6.07, 6.45) is 3.14. The van der Waals surface area contributed by atoms with Gasteiger partial charge in [0.15, 0.2) is 0 Å². The average Bonchev–Trinajstić information content (AvgIpc) is 3.33. The molecule has 0 saturated heterocycles. The van der Waals surface area contributed by atoms with Gasteiger partial charge in [-0.1, -0.05) is 48.5 Å². The van der Waals surface area contributed by atoms with E-state index < -0.39 is 11.9 Å². The van der Waals surface area contributed by atoms with Crippen molar-refractivity contribution in [2.24, 2.45) is 10.7 Å². The summed E-state index contributed by atoms with van der Waals surface area (Å²) < 4.78 is 17.3. The molecule has 0 radical (unpaired) electrons. The van der Waals surface area contributed by atoms with E-state index in [1.807, 2.05) is 54.6 Å². The van der Waals surface area contributed by atoms with Crippen LogP contribution in [0.4, 0.5) is 4.39 Å². The zero-order valence-electron chi connectivity index (χ0n) is 21.2. The van der Waals surface area contributed by atoms with Gasteiger partial charge < -0.3 is 11.1 Å². The van der Waals surface area contributed by atoms with Crippen LogP contribution in [-0.2, 0) is 13.1 Å². The Balaban J connectivity index is 1.46. The molecule has 0 amide bonds. The van der Waals surface area contributed by atoms with E-state index >= 15 is 4.39 Å². The lowest BCUT2D eigenvalue weighted by Gasteiger charge is -2.22. The van der Waals surface area contributed by atoms with Crippen molar-refractivity contribution in [2.75, 3.05) is 0 Å². The molecule has 5 rings (SSSR count). The highest BCUT2D eigenvalue weighted by atomic mass is 19.1. The Morgan fingerprint density at radius 3 is 2.62 bits per heavy atom. The molecule has 2 heterocycles. The highest BCUT2D eigenvalue weighted by molar-refractivity contribution is 6.08. The molecule has 7 heteroatoms. The van der Waals surface area contributed by atoms with Gasteiger partial charge in [-0.15, -0.1) is 0 Å². The molecule has 6 nitrogen and oxygen atoms in total. The monoisotopic (exact) mass is 495 g/mol. The summed E-state index contributed by atoms with van der Waals surface area (Å²) in [5.74, 6) is -0.763. The van der Waals surface area contributed by atoms with E-state index in [1.54, 1.807) is 23.2 Å². The number of hydrogen-bond acceptors (Lipinski definition) is 5. The predicted molar refractivity (Wildman–Crippen MR) is 145 cm³/mol. The number of nitrogens with zero attached hydrogens (tertiary/aromatic N) is 3. The van der Waals surface area contributed by atoms with Gasteiger partial charge >= 0.3 is 0 Å². The van der Waals surface area contributed by atoms with E-state index in [0.29, 0.717) is 24.5 Å². The normalized spacial score (nSPS) is 15.2. The summed E-state index contributed by atoms with van der Waals surface area (Å²) in [4.78, 5) is 22.3. The van der Waals surface area contributed by atoms with Crippen molar-refractivity contribution < 1.29 is 9.18 Å². The van der Waals surface area contributed by atoms with Crippen LogP contribution in [0.5, 0.6) is 0 Å². The van der Waals surface area contributed by atoms with Gasteiger partial charge in [0.1, 0.15) is 29.6 Å². The SMILES string of the molecule is CC(C)(C)NCc1ccccc1-c1ccc(C2N=Cc3ncn(-c4cccc(CN)c4)c3C2=O)c(F)c1. The fourth-order valence-corrected chi connectivity index (χ4v) is 4.53. The molecule has 0 spiro atoms. The van der Waals surface area contributed by atoms with Crippen LogP contribution in [0.15, 0.2) is 78.0 Å². The Morgan fingerprint density at radius 2 is 1.86 bits per heavy atom. The number of benzene rings is 3. The lowest BCUT2D eigenvalue weighted by Crippen LogP contribution is -2.35. The Hall–Kier alpha value is -3.94. The molecule has 1 unspecified atom stereocenters. The number of hydrogen-bond donors (Lipinski definition) is 2. The van der Waals surface area contributed by atoms with Crippen molar-refractivity contribution in [3.05, 3.63) is 107 Å². The first-order valence-corrected chi connectivity index (χ1v) is 12.3. The molecular weight excluding hydrogens is 465 g/mol. The summed E-state index contributed by atoms with van der Waals surface area (Å²) in [5, 5.41) is 3.49. The van der Waals surface area contributed by atoms with Crippen LogP contribution >= 0.6 is 0 Å². The predicted octanol–water partition coefficient (Wildman–Crippen LogP) is 5.38. The van der Waals surface area contributed by atoms with Gasteiger partial charge in [0.2, 0.25) is 5.78 Å². The standard InChI is InChI=1S/C30H30FN5O/c1-30(2,3)35-16-21-8-4-5-10-23(21)20-11-12-24(25(31)14-20)27-29(37)28-26(17-33-27)34-18-36(28)22-9-6-7-19(13-22)15-32/h4-14,17-18,27,35H,15-16,32H2,1-3H3. The van der Waals surface area contributed by atoms with Crippen molar-refractivity contribution >= 4 is 12.0 Å². The number of nitrogens with two attached hydrogens (primary N) is 1. The van der Waals surface area contributed by atoms with Gasteiger partial charge in [0.05, 0.1) is 6.21 Å². The molecule has 4 aromatic rings. The molecule has 37 heavy (non-hydrogen) atoms. The number of aromatic nitrogens is 2. The van der Waals surface area contributed by atoms with Gasteiger partial charge in [0.25, 0.3) is 0 Å². The van der Waals surface area contributed by atoms with Crippen molar-refractivity contribution in [1.82, 2.24) is 14.9 Å². The Morgan fingerprint density at radius 1 is 1.05 bits per heavy atom. The first-order valence-electron chi connectivity index (χ1n) is 12.3. The Bertz CT molecular complexity index is 1500. The van der Waals surface area contributed by atoms with Gasteiger partial charge in [0, 0.05) is 29.9 Å².